The summed E-state index contributed by atoms with van der Waals surface area (Å²) in [7, 11) is 0. The number of alkyl halides is 1. The van der Waals surface area contributed by atoms with Crippen molar-refractivity contribution in [3.63, 3.8) is 0 Å². The zero-order valence-electron chi connectivity index (χ0n) is 4.56. The molecule has 0 amide bonds. The number of aliphatic imine (C=N–C) groups is 1. The third-order valence-corrected chi connectivity index (χ3v) is 1.87. The van der Waals surface area contributed by atoms with Crippen LogP contribution in [-0.2, 0) is 4.74 Å². The second-order valence-corrected chi connectivity index (χ2v) is 2.40. The van der Waals surface area contributed by atoms with E-state index in [1.54, 1.807) is 0 Å². The topological polar surface area (TPSA) is 21.6 Å². The molecule has 0 aromatic heterocycles. The van der Waals surface area contributed by atoms with E-state index in [2.05, 4.69) is 27.6 Å². The predicted molar refractivity (Wildman–Crippen MR) is 42.0 cm³/mol. The molecule has 8 heavy (non-hydrogen) atoms. The van der Waals surface area contributed by atoms with Crippen molar-refractivity contribution in [2.24, 2.45) is 4.99 Å². The van der Waals surface area contributed by atoms with Gasteiger partial charge >= 0.3 is 0 Å². The first-order valence-corrected chi connectivity index (χ1v) is 4.12. The molecule has 0 aromatic rings. The van der Waals surface area contributed by atoms with E-state index < -0.39 is 0 Å². The maximum atomic E-state index is 5.14. The Morgan fingerprint density at radius 1 is 1.75 bits per heavy atom. The molecule has 0 bridgehead atoms. The summed E-state index contributed by atoms with van der Waals surface area (Å²) < 4.78 is 6.15. The molecular weight excluding hydrogens is 217 g/mol. The highest BCUT2D eigenvalue weighted by molar-refractivity contribution is 14.1. The molecule has 1 aliphatic rings. The largest absolute Gasteiger partial charge is 0.374 e. The van der Waals surface area contributed by atoms with E-state index in [1.165, 1.54) is 5.71 Å². The fraction of sp³-hybridized carbons (Fsp3) is 0.800. The van der Waals surface area contributed by atoms with Crippen molar-refractivity contribution in [1.29, 1.82) is 0 Å². The summed E-state index contributed by atoms with van der Waals surface area (Å²) in [4.78, 5) is 4.23. The Morgan fingerprint density at radius 2 is 2.62 bits per heavy atom. The Kier molecular flexibility index (Phi) is 2.75. The number of halogens is 1. The summed E-state index contributed by atoms with van der Waals surface area (Å²) >= 11 is 2.30. The standard InChI is InChI=1S/C5H8INO/c6-3-5-4-8-2-1-7-5/h1-4H2. The summed E-state index contributed by atoms with van der Waals surface area (Å²) in [6, 6.07) is 0. The van der Waals surface area contributed by atoms with Gasteiger partial charge in [-0.25, -0.2) is 0 Å². The molecule has 0 aromatic carbocycles. The van der Waals surface area contributed by atoms with Crippen LogP contribution in [0, 0.1) is 0 Å². The molecule has 46 valence electrons. The van der Waals surface area contributed by atoms with Gasteiger partial charge in [-0.3, -0.25) is 4.99 Å². The van der Waals surface area contributed by atoms with Gasteiger partial charge in [-0.2, -0.15) is 0 Å². The van der Waals surface area contributed by atoms with Gasteiger partial charge in [0.05, 0.1) is 19.8 Å². The van der Waals surface area contributed by atoms with Crippen LogP contribution >= 0.6 is 22.6 Å². The summed E-state index contributed by atoms with van der Waals surface area (Å²) in [5.41, 5.74) is 1.19. The fourth-order valence-electron chi connectivity index (χ4n) is 0.585. The minimum absolute atomic E-state index is 0.753. The van der Waals surface area contributed by atoms with Crippen molar-refractivity contribution in [3.05, 3.63) is 0 Å². The molecule has 0 fully saturated rings. The van der Waals surface area contributed by atoms with Crippen LogP contribution in [0.2, 0.25) is 0 Å². The van der Waals surface area contributed by atoms with Crippen molar-refractivity contribution in [2.45, 2.75) is 0 Å². The average molecular weight is 225 g/mol. The molecule has 0 atom stereocenters. The monoisotopic (exact) mass is 225 g/mol. The zero-order chi connectivity index (χ0) is 5.82. The average Bonchev–Trinajstić information content (AvgIpc) is 1.90. The third-order valence-electron chi connectivity index (χ3n) is 0.994. The lowest BCUT2D eigenvalue weighted by atomic mass is 10.4. The molecule has 0 N–H and O–H groups in total. The molecule has 1 heterocycles. The maximum Gasteiger partial charge on any atom is 0.0853 e. The Balaban J connectivity index is 2.37. The fourth-order valence-corrected chi connectivity index (χ4v) is 1.05. The normalized spacial score (nSPS) is 20.4. The lowest BCUT2D eigenvalue weighted by Gasteiger charge is -2.09. The highest BCUT2D eigenvalue weighted by Gasteiger charge is 2.01. The third kappa shape index (κ3) is 1.70. The molecule has 3 heteroatoms. The van der Waals surface area contributed by atoms with E-state index in [1.807, 2.05) is 0 Å². The number of rotatable bonds is 1. The molecular formula is C5H8INO. The van der Waals surface area contributed by atoms with Crippen molar-refractivity contribution in [1.82, 2.24) is 0 Å². The summed E-state index contributed by atoms with van der Waals surface area (Å²) in [5, 5.41) is 0. The molecule has 0 aliphatic carbocycles. The van der Waals surface area contributed by atoms with Crippen LogP contribution in [0.5, 0.6) is 0 Å². The van der Waals surface area contributed by atoms with Gasteiger partial charge in [-0.05, 0) is 0 Å². The van der Waals surface area contributed by atoms with Gasteiger partial charge in [0.15, 0.2) is 0 Å². The molecule has 0 saturated heterocycles. The van der Waals surface area contributed by atoms with Crippen molar-refractivity contribution in [2.75, 3.05) is 24.2 Å². The predicted octanol–water partition coefficient (Wildman–Crippen LogP) is 0.893. The van der Waals surface area contributed by atoms with Gasteiger partial charge in [0.2, 0.25) is 0 Å². The zero-order valence-corrected chi connectivity index (χ0v) is 6.72. The Hall–Kier alpha value is 0.360. The highest BCUT2D eigenvalue weighted by Crippen LogP contribution is 1.94. The molecule has 0 saturated carbocycles. The van der Waals surface area contributed by atoms with E-state index in [-0.39, 0.29) is 0 Å². The highest BCUT2D eigenvalue weighted by atomic mass is 127. The number of nitrogens with zero attached hydrogens (tertiary/aromatic N) is 1. The van der Waals surface area contributed by atoms with Crippen molar-refractivity contribution < 1.29 is 4.74 Å². The Labute approximate surface area is 62.5 Å². The van der Waals surface area contributed by atoms with Gasteiger partial charge in [0, 0.05) is 10.1 Å². The van der Waals surface area contributed by atoms with E-state index in [0.717, 1.165) is 24.2 Å². The van der Waals surface area contributed by atoms with Gasteiger partial charge in [-0.15, -0.1) is 0 Å². The van der Waals surface area contributed by atoms with Crippen molar-refractivity contribution in [3.8, 4) is 0 Å². The molecule has 0 unspecified atom stereocenters. The second-order valence-electron chi connectivity index (χ2n) is 1.63. The van der Waals surface area contributed by atoms with Gasteiger partial charge in [-0.1, -0.05) is 22.6 Å². The van der Waals surface area contributed by atoms with Gasteiger partial charge < -0.3 is 4.74 Å². The van der Waals surface area contributed by atoms with Gasteiger partial charge in [0.25, 0.3) is 0 Å². The molecule has 1 rings (SSSR count). The van der Waals surface area contributed by atoms with Gasteiger partial charge in [0.1, 0.15) is 0 Å². The summed E-state index contributed by atoms with van der Waals surface area (Å²) in [6.07, 6.45) is 0. The minimum Gasteiger partial charge on any atom is -0.374 e. The SMILES string of the molecule is ICC1=NCCOC1. The molecule has 0 spiro atoms. The molecule has 2 nitrogen and oxygen atoms in total. The van der Waals surface area contributed by atoms with E-state index >= 15 is 0 Å². The first kappa shape index (κ1) is 6.48. The number of hydrogen-bond acceptors (Lipinski definition) is 2. The minimum atomic E-state index is 0.753. The van der Waals surface area contributed by atoms with Crippen LogP contribution < -0.4 is 0 Å². The first-order valence-electron chi connectivity index (χ1n) is 2.59. The van der Waals surface area contributed by atoms with Crippen LogP contribution in [0.3, 0.4) is 0 Å². The van der Waals surface area contributed by atoms with E-state index in [0.29, 0.717) is 0 Å². The van der Waals surface area contributed by atoms with Crippen molar-refractivity contribution >= 4 is 28.3 Å². The van der Waals surface area contributed by atoms with Crippen LogP contribution in [0.15, 0.2) is 4.99 Å². The lowest BCUT2D eigenvalue weighted by Crippen LogP contribution is -2.18. The van der Waals surface area contributed by atoms with Crippen LogP contribution in [0.25, 0.3) is 0 Å². The smallest absolute Gasteiger partial charge is 0.0853 e. The number of ether oxygens (including phenoxy) is 1. The van der Waals surface area contributed by atoms with E-state index in [9.17, 15) is 0 Å². The lowest BCUT2D eigenvalue weighted by molar-refractivity contribution is 0.171. The van der Waals surface area contributed by atoms with Crippen LogP contribution in [-0.4, -0.2) is 29.9 Å². The van der Waals surface area contributed by atoms with Crippen LogP contribution in [0.4, 0.5) is 0 Å². The van der Waals surface area contributed by atoms with E-state index in [4.69, 9.17) is 4.74 Å². The molecule has 1 aliphatic heterocycles. The maximum absolute atomic E-state index is 5.14. The Bertz CT molecular complexity index is 103. The summed E-state index contributed by atoms with van der Waals surface area (Å²) in [6.45, 7) is 2.42. The molecule has 0 radical (unpaired) electrons. The Morgan fingerprint density at radius 3 is 3.00 bits per heavy atom. The second kappa shape index (κ2) is 3.40. The van der Waals surface area contributed by atoms with Crippen LogP contribution in [0.1, 0.15) is 0 Å². The summed E-state index contributed by atoms with van der Waals surface area (Å²) in [5.74, 6) is 0. The quantitative estimate of drug-likeness (QED) is 0.479. The first-order chi connectivity index (χ1) is 3.93. The number of hydrogen-bond donors (Lipinski definition) is 0.